The molecule has 0 saturated heterocycles. The summed E-state index contributed by atoms with van der Waals surface area (Å²) < 4.78 is 0. The number of nitrogens with two attached hydrogens (primary N) is 1. The zero-order valence-electron chi connectivity index (χ0n) is 6.09. The van der Waals surface area contributed by atoms with E-state index in [-0.39, 0.29) is 5.91 Å². The largest absolute Gasteiger partial charge is 0.354 e. The number of hydrogen-bond acceptors (Lipinski definition) is 4. The van der Waals surface area contributed by atoms with Crippen LogP contribution in [0.25, 0.3) is 0 Å². The zero-order chi connectivity index (χ0) is 7.98. The molecule has 0 spiro atoms. The highest BCUT2D eigenvalue weighted by Gasteiger charge is 2.10. The molecule has 0 aliphatic heterocycles. The summed E-state index contributed by atoms with van der Waals surface area (Å²) in [4.78, 5) is 10.9. The summed E-state index contributed by atoms with van der Waals surface area (Å²) in [6.07, 6.45) is 1.89. The summed E-state index contributed by atoms with van der Waals surface area (Å²) in [6.45, 7) is 2.51. The highest BCUT2D eigenvalue weighted by atomic mass is 33.1. The highest BCUT2D eigenvalue weighted by molar-refractivity contribution is 8.76. The molecule has 0 aliphatic rings. The summed E-state index contributed by atoms with van der Waals surface area (Å²) in [5, 5.41) is 2.20. The van der Waals surface area contributed by atoms with Crippen LogP contribution in [0.5, 0.6) is 0 Å². The third-order valence-electron chi connectivity index (χ3n) is 0.809. The van der Waals surface area contributed by atoms with Crippen LogP contribution in [0, 0.1) is 0 Å². The molecule has 3 nitrogen and oxygen atoms in total. The number of carbonyl (C=O) groups is 1. The SMILES string of the molecule is CCNC(=O)C(N)SSC. The van der Waals surface area contributed by atoms with Crippen LogP contribution in [-0.2, 0) is 4.79 Å². The summed E-state index contributed by atoms with van der Waals surface area (Å²) in [7, 11) is 2.86. The third-order valence-corrected chi connectivity index (χ3v) is 2.62. The fourth-order valence-electron chi connectivity index (χ4n) is 0.422. The van der Waals surface area contributed by atoms with Gasteiger partial charge in [0.05, 0.1) is 0 Å². The standard InChI is InChI=1S/C5H12N2OS2/c1-3-7-5(8)4(6)10-9-2/h4H,3,6H2,1-2H3,(H,7,8). The second kappa shape index (κ2) is 5.88. The molecule has 5 heteroatoms. The quantitative estimate of drug-likeness (QED) is 0.486. The van der Waals surface area contributed by atoms with Crippen LogP contribution < -0.4 is 11.1 Å². The molecule has 0 bridgehead atoms. The van der Waals surface area contributed by atoms with E-state index in [2.05, 4.69) is 5.32 Å². The van der Waals surface area contributed by atoms with E-state index < -0.39 is 5.37 Å². The lowest BCUT2D eigenvalue weighted by molar-refractivity contribution is -0.120. The maximum atomic E-state index is 10.9. The lowest BCUT2D eigenvalue weighted by Crippen LogP contribution is -2.37. The minimum Gasteiger partial charge on any atom is -0.354 e. The van der Waals surface area contributed by atoms with Gasteiger partial charge in [0.15, 0.2) is 0 Å². The molecule has 0 aromatic heterocycles. The first-order chi connectivity index (χ1) is 4.72. The van der Waals surface area contributed by atoms with E-state index in [1.807, 2.05) is 13.2 Å². The first-order valence-corrected chi connectivity index (χ1v) is 5.57. The van der Waals surface area contributed by atoms with Gasteiger partial charge < -0.3 is 11.1 Å². The van der Waals surface area contributed by atoms with Crippen LogP contribution in [0.1, 0.15) is 6.92 Å². The van der Waals surface area contributed by atoms with Crippen molar-refractivity contribution in [3.05, 3.63) is 0 Å². The monoisotopic (exact) mass is 180 g/mol. The van der Waals surface area contributed by atoms with Crippen molar-refractivity contribution in [2.45, 2.75) is 12.3 Å². The van der Waals surface area contributed by atoms with E-state index in [0.717, 1.165) is 0 Å². The highest BCUT2D eigenvalue weighted by Crippen LogP contribution is 2.19. The molecule has 0 aromatic rings. The van der Waals surface area contributed by atoms with E-state index >= 15 is 0 Å². The molecule has 1 atom stereocenters. The van der Waals surface area contributed by atoms with Gasteiger partial charge in [-0.2, -0.15) is 0 Å². The Labute approximate surface area is 68.9 Å². The summed E-state index contributed by atoms with van der Waals surface area (Å²) in [5.41, 5.74) is 5.44. The molecular formula is C5H12N2OS2. The zero-order valence-corrected chi connectivity index (χ0v) is 7.72. The molecule has 0 saturated carbocycles. The molecule has 0 radical (unpaired) electrons. The number of likely N-dealkylation sites (N-methyl/N-ethyl adjacent to an activating group) is 1. The normalized spacial score (nSPS) is 12.7. The molecule has 60 valence electrons. The molecule has 0 aromatic carbocycles. The Morgan fingerprint density at radius 2 is 2.40 bits per heavy atom. The lowest BCUT2D eigenvalue weighted by atomic mass is 10.6. The maximum absolute atomic E-state index is 10.9. The topological polar surface area (TPSA) is 55.1 Å². The number of carbonyl (C=O) groups excluding carboxylic acids is 1. The third kappa shape index (κ3) is 4.03. The van der Waals surface area contributed by atoms with Crippen molar-refractivity contribution in [3.63, 3.8) is 0 Å². The van der Waals surface area contributed by atoms with Crippen LogP contribution in [0.4, 0.5) is 0 Å². The minimum atomic E-state index is -0.435. The molecule has 1 amide bonds. The average molecular weight is 180 g/mol. The molecule has 0 fully saturated rings. The first-order valence-electron chi connectivity index (χ1n) is 2.95. The number of hydrogen-bond donors (Lipinski definition) is 2. The van der Waals surface area contributed by atoms with Crippen molar-refractivity contribution in [2.75, 3.05) is 12.8 Å². The van der Waals surface area contributed by atoms with E-state index in [0.29, 0.717) is 6.54 Å². The molecule has 10 heavy (non-hydrogen) atoms. The van der Waals surface area contributed by atoms with Crippen LogP contribution in [0.2, 0.25) is 0 Å². The fourth-order valence-corrected chi connectivity index (χ4v) is 1.68. The summed E-state index contributed by atoms with van der Waals surface area (Å²) in [6, 6.07) is 0. The second-order valence-electron chi connectivity index (χ2n) is 1.58. The van der Waals surface area contributed by atoms with Gasteiger partial charge in [0.2, 0.25) is 5.91 Å². The Bertz CT molecular complexity index is 110. The van der Waals surface area contributed by atoms with E-state index in [9.17, 15) is 4.79 Å². The van der Waals surface area contributed by atoms with Crippen molar-refractivity contribution in [3.8, 4) is 0 Å². The number of nitrogens with one attached hydrogen (secondary N) is 1. The van der Waals surface area contributed by atoms with Gasteiger partial charge in [0.1, 0.15) is 5.37 Å². The smallest absolute Gasteiger partial charge is 0.248 e. The summed E-state index contributed by atoms with van der Waals surface area (Å²) >= 11 is 0. The van der Waals surface area contributed by atoms with Gasteiger partial charge in [0.25, 0.3) is 0 Å². The fraction of sp³-hybridized carbons (Fsp3) is 0.800. The Hall–Kier alpha value is 0.130. The maximum Gasteiger partial charge on any atom is 0.248 e. The van der Waals surface area contributed by atoms with Crippen molar-refractivity contribution < 1.29 is 4.79 Å². The van der Waals surface area contributed by atoms with Gasteiger partial charge in [-0.05, 0) is 13.2 Å². The lowest BCUT2D eigenvalue weighted by Gasteiger charge is -2.07. The van der Waals surface area contributed by atoms with Gasteiger partial charge in [-0.1, -0.05) is 21.6 Å². The van der Waals surface area contributed by atoms with Crippen LogP contribution >= 0.6 is 21.6 Å². The Balaban J connectivity index is 3.49. The van der Waals surface area contributed by atoms with Gasteiger partial charge in [-0.25, -0.2) is 0 Å². The van der Waals surface area contributed by atoms with Crippen molar-refractivity contribution in [2.24, 2.45) is 5.73 Å². The second-order valence-corrected chi connectivity index (χ2v) is 4.19. The van der Waals surface area contributed by atoms with E-state index in [1.54, 1.807) is 0 Å². The molecule has 0 rings (SSSR count). The van der Waals surface area contributed by atoms with Gasteiger partial charge in [-0.3, -0.25) is 4.79 Å². The predicted octanol–water partition coefficient (Wildman–Crippen LogP) is 0.419. The number of amides is 1. The van der Waals surface area contributed by atoms with Gasteiger partial charge >= 0.3 is 0 Å². The van der Waals surface area contributed by atoms with Crippen molar-refractivity contribution in [1.82, 2.24) is 5.32 Å². The van der Waals surface area contributed by atoms with E-state index in [4.69, 9.17) is 5.73 Å². The molecule has 0 aliphatic carbocycles. The van der Waals surface area contributed by atoms with Crippen molar-refractivity contribution >= 4 is 27.5 Å². The Morgan fingerprint density at radius 3 is 2.80 bits per heavy atom. The Kier molecular flexibility index (Phi) is 5.96. The summed E-state index contributed by atoms with van der Waals surface area (Å²) in [5.74, 6) is -0.0955. The van der Waals surface area contributed by atoms with E-state index in [1.165, 1.54) is 21.6 Å². The molecule has 0 heterocycles. The molecular weight excluding hydrogens is 168 g/mol. The van der Waals surface area contributed by atoms with Crippen molar-refractivity contribution in [1.29, 1.82) is 0 Å². The molecule has 1 unspecified atom stereocenters. The number of rotatable bonds is 4. The average Bonchev–Trinajstić information content (AvgIpc) is 1.89. The van der Waals surface area contributed by atoms with Gasteiger partial charge in [-0.15, -0.1) is 0 Å². The first kappa shape index (κ1) is 10.1. The van der Waals surface area contributed by atoms with Gasteiger partial charge in [0, 0.05) is 6.54 Å². The molecule has 3 N–H and O–H groups in total. The van der Waals surface area contributed by atoms with Crippen LogP contribution in [-0.4, -0.2) is 24.1 Å². The predicted molar refractivity (Wildman–Crippen MR) is 47.8 cm³/mol. The van der Waals surface area contributed by atoms with Crippen LogP contribution in [0.3, 0.4) is 0 Å². The Morgan fingerprint density at radius 1 is 1.80 bits per heavy atom. The minimum absolute atomic E-state index is 0.0955. The van der Waals surface area contributed by atoms with Crippen LogP contribution in [0.15, 0.2) is 0 Å².